The summed E-state index contributed by atoms with van der Waals surface area (Å²) in [4.78, 5) is 26.3. The highest BCUT2D eigenvalue weighted by Crippen LogP contribution is 2.34. The molecule has 0 spiro atoms. The van der Waals surface area contributed by atoms with Crippen LogP contribution < -0.4 is 9.47 Å². The van der Waals surface area contributed by atoms with Gasteiger partial charge in [-0.05, 0) is 35.9 Å². The summed E-state index contributed by atoms with van der Waals surface area (Å²) in [6.45, 7) is 2.08. The van der Waals surface area contributed by atoms with Gasteiger partial charge in [-0.3, -0.25) is 9.59 Å². The third-order valence-electron chi connectivity index (χ3n) is 4.54. The number of morpholine rings is 1. The summed E-state index contributed by atoms with van der Waals surface area (Å²) in [5, 5.41) is 0. The maximum atomic E-state index is 13.0. The first-order valence-corrected chi connectivity index (χ1v) is 8.92. The topological polar surface area (TPSA) is 65.1 Å². The number of Topliss-reactive ketones (excluding diaryl/α,β-unsaturated/α-hetero) is 1. The number of hydrogen-bond donors (Lipinski definition) is 0. The van der Waals surface area contributed by atoms with E-state index < -0.39 is 0 Å². The minimum Gasteiger partial charge on any atom is -0.484 e. The van der Waals surface area contributed by atoms with Crippen LogP contribution in [0.3, 0.4) is 0 Å². The fourth-order valence-electron chi connectivity index (χ4n) is 3.02. The quantitative estimate of drug-likeness (QED) is 0.760. The zero-order valence-corrected chi connectivity index (χ0v) is 15.0. The van der Waals surface area contributed by atoms with Gasteiger partial charge in [0.1, 0.15) is 17.3 Å². The Hall–Kier alpha value is -3.19. The molecule has 144 valence electrons. The van der Waals surface area contributed by atoms with Crippen LogP contribution in [0, 0.1) is 5.82 Å². The minimum atomic E-state index is -0.350. The molecule has 1 saturated heterocycles. The average molecular weight is 383 g/mol. The Morgan fingerprint density at radius 1 is 1.14 bits per heavy atom. The molecule has 0 unspecified atom stereocenters. The summed E-state index contributed by atoms with van der Waals surface area (Å²) < 4.78 is 29.5. The van der Waals surface area contributed by atoms with Gasteiger partial charge in [0.2, 0.25) is 5.78 Å². The van der Waals surface area contributed by atoms with Crippen molar-refractivity contribution >= 4 is 17.8 Å². The number of amides is 1. The van der Waals surface area contributed by atoms with Crippen LogP contribution in [0.5, 0.6) is 11.5 Å². The van der Waals surface area contributed by atoms with Gasteiger partial charge in [0.05, 0.1) is 18.8 Å². The first-order valence-electron chi connectivity index (χ1n) is 8.92. The number of rotatable bonds is 4. The largest absolute Gasteiger partial charge is 0.484 e. The van der Waals surface area contributed by atoms with Gasteiger partial charge in [-0.25, -0.2) is 4.39 Å². The molecule has 0 aliphatic carbocycles. The molecule has 2 heterocycles. The molecule has 28 heavy (non-hydrogen) atoms. The van der Waals surface area contributed by atoms with Crippen molar-refractivity contribution in [2.24, 2.45) is 0 Å². The predicted octanol–water partition coefficient (Wildman–Crippen LogP) is 2.68. The van der Waals surface area contributed by atoms with Gasteiger partial charge in [0.15, 0.2) is 12.4 Å². The second kappa shape index (κ2) is 7.82. The second-order valence-corrected chi connectivity index (χ2v) is 6.43. The lowest BCUT2D eigenvalue weighted by Crippen LogP contribution is -2.42. The number of halogens is 1. The number of carbonyl (C=O) groups is 2. The Labute approximate surface area is 161 Å². The van der Waals surface area contributed by atoms with Gasteiger partial charge in [0.25, 0.3) is 5.91 Å². The molecule has 0 N–H and O–H groups in total. The van der Waals surface area contributed by atoms with Crippen LogP contribution in [0.15, 0.2) is 48.2 Å². The van der Waals surface area contributed by atoms with Crippen LogP contribution in [0.25, 0.3) is 6.08 Å². The number of carbonyl (C=O) groups excluding carboxylic acids is 2. The Balaban J connectivity index is 1.43. The summed E-state index contributed by atoms with van der Waals surface area (Å²) in [5.41, 5.74) is 1.07. The summed E-state index contributed by atoms with van der Waals surface area (Å²) in [5.74, 6) is 0.250. The van der Waals surface area contributed by atoms with Crippen molar-refractivity contribution < 1.29 is 28.2 Å². The molecular formula is C21H18FNO5. The molecule has 0 aromatic heterocycles. The highest BCUT2D eigenvalue weighted by molar-refractivity contribution is 6.14. The maximum absolute atomic E-state index is 13.0. The van der Waals surface area contributed by atoms with Crippen molar-refractivity contribution in [3.05, 3.63) is 65.2 Å². The van der Waals surface area contributed by atoms with Crippen molar-refractivity contribution in [3.8, 4) is 11.5 Å². The lowest BCUT2D eigenvalue weighted by Gasteiger charge is -2.26. The molecule has 6 nitrogen and oxygen atoms in total. The Morgan fingerprint density at radius 3 is 2.64 bits per heavy atom. The third kappa shape index (κ3) is 3.89. The molecule has 1 fully saturated rings. The summed E-state index contributed by atoms with van der Waals surface area (Å²) >= 11 is 0. The van der Waals surface area contributed by atoms with Gasteiger partial charge >= 0.3 is 0 Å². The number of nitrogens with zero attached hydrogens (tertiary/aromatic N) is 1. The Kier molecular flexibility index (Phi) is 5.08. The van der Waals surface area contributed by atoms with Crippen molar-refractivity contribution in [1.82, 2.24) is 4.90 Å². The van der Waals surface area contributed by atoms with Gasteiger partial charge in [-0.1, -0.05) is 12.1 Å². The van der Waals surface area contributed by atoms with E-state index in [0.717, 1.165) is 0 Å². The number of allylic oxidation sites excluding steroid dienone is 1. The van der Waals surface area contributed by atoms with E-state index in [1.165, 1.54) is 12.1 Å². The van der Waals surface area contributed by atoms with E-state index in [-0.39, 0.29) is 29.9 Å². The first-order chi connectivity index (χ1) is 13.6. The van der Waals surface area contributed by atoms with Gasteiger partial charge in [-0.15, -0.1) is 0 Å². The fraction of sp³-hybridized carbons (Fsp3) is 0.238. The fourth-order valence-corrected chi connectivity index (χ4v) is 3.02. The van der Waals surface area contributed by atoms with Crippen molar-refractivity contribution in [3.63, 3.8) is 0 Å². The standard InChI is InChI=1S/C21H18FNO5/c22-15-3-1-14(2-4-15)11-19-21(25)17-6-5-16(12-18(17)28-19)27-13-20(24)23-7-9-26-10-8-23/h1-6,11-12H,7-10,13H2. The lowest BCUT2D eigenvalue weighted by atomic mass is 10.1. The molecule has 0 saturated carbocycles. The number of fused-ring (bicyclic) bond motifs is 1. The molecule has 2 aliphatic rings. The maximum Gasteiger partial charge on any atom is 0.260 e. The Morgan fingerprint density at radius 2 is 1.89 bits per heavy atom. The van der Waals surface area contributed by atoms with Crippen LogP contribution in [0.2, 0.25) is 0 Å². The number of hydrogen-bond acceptors (Lipinski definition) is 5. The molecule has 0 atom stereocenters. The lowest BCUT2D eigenvalue weighted by molar-refractivity contribution is -0.137. The van der Waals surface area contributed by atoms with E-state index in [9.17, 15) is 14.0 Å². The summed E-state index contributed by atoms with van der Waals surface area (Å²) in [7, 11) is 0. The highest BCUT2D eigenvalue weighted by atomic mass is 19.1. The Bertz CT molecular complexity index is 932. The molecule has 2 aliphatic heterocycles. The predicted molar refractivity (Wildman–Crippen MR) is 98.7 cm³/mol. The summed E-state index contributed by atoms with van der Waals surface area (Å²) in [6.07, 6.45) is 1.56. The number of ether oxygens (including phenoxy) is 3. The first kappa shape index (κ1) is 18.2. The minimum absolute atomic E-state index is 0.0923. The molecule has 7 heteroatoms. The van der Waals surface area contributed by atoms with Crippen LogP contribution in [-0.4, -0.2) is 49.5 Å². The normalized spacial score (nSPS) is 17.4. The van der Waals surface area contributed by atoms with Gasteiger partial charge < -0.3 is 19.1 Å². The zero-order valence-electron chi connectivity index (χ0n) is 15.0. The summed E-state index contributed by atoms with van der Waals surface area (Å²) in [6, 6.07) is 10.6. The van der Waals surface area contributed by atoms with E-state index in [1.54, 1.807) is 41.3 Å². The second-order valence-electron chi connectivity index (χ2n) is 6.43. The van der Waals surface area contributed by atoms with Gasteiger partial charge in [0, 0.05) is 19.2 Å². The van der Waals surface area contributed by atoms with Gasteiger partial charge in [-0.2, -0.15) is 0 Å². The molecule has 2 aromatic carbocycles. The third-order valence-corrected chi connectivity index (χ3v) is 4.54. The number of ketones is 1. The van der Waals surface area contributed by atoms with E-state index in [4.69, 9.17) is 14.2 Å². The zero-order chi connectivity index (χ0) is 19.5. The van der Waals surface area contributed by atoms with E-state index in [2.05, 4.69) is 0 Å². The van der Waals surface area contributed by atoms with Crippen molar-refractivity contribution in [1.29, 1.82) is 0 Å². The number of benzene rings is 2. The van der Waals surface area contributed by atoms with Crippen LogP contribution in [0.4, 0.5) is 4.39 Å². The van der Waals surface area contributed by atoms with Crippen molar-refractivity contribution in [2.75, 3.05) is 32.9 Å². The average Bonchev–Trinajstić information content (AvgIpc) is 3.03. The van der Waals surface area contributed by atoms with Crippen LogP contribution in [-0.2, 0) is 9.53 Å². The van der Waals surface area contributed by atoms with Crippen LogP contribution >= 0.6 is 0 Å². The molecule has 2 aromatic rings. The van der Waals surface area contributed by atoms with E-state index in [0.29, 0.717) is 48.9 Å². The smallest absolute Gasteiger partial charge is 0.260 e. The highest BCUT2D eigenvalue weighted by Gasteiger charge is 2.28. The molecule has 0 bridgehead atoms. The molecule has 1 amide bonds. The molecule has 4 rings (SSSR count). The van der Waals surface area contributed by atoms with E-state index in [1.807, 2.05) is 0 Å². The van der Waals surface area contributed by atoms with Crippen LogP contribution in [0.1, 0.15) is 15.9 Å². The van der Waals surface area contributed by atoms with Crippen molar-refractivity contribution in [2.45, 2.75) is 0 Å². The van der Waals surface area contributed by atoms with E-state index >= 15 is 0 Å². The molecular weight excluding hydrogens is 365 g/mol. The monoisotopic (exact) mass is 383 g/mol. The molecule has 0 radical (unpaired) electrons. The SMILES string of the molecule is O=C1C(=Cc2ccc(F)cc2)Oc2cc(OCC(=O)N3CCOCC3)ccc21.